The van der Waals surface area contributed by atoms with Gasteiger partial charge in [0.2, 0.25) is 5.95 Å². The van der Waals surface area contributed by atoms with Gasteiger partial charge in [-0.3, -0.25) is 5.10 Å². The van der Waals surface area contributed by atoms with Crippen molar-refractivity contribution in [2.24, 2.45) is 7.05 Å². The van der Waals surface area contributed by atoms with Crippen LogP contribution in [-0.4, -0.2) is 24.7 Å². The Bertz CT molecular complexity index is 693. The van der Waals surface area contributed by atoms with Crippen LogP contribution in [0.1, 0.15) is 5.56 Å². The van der Waals surface area contributed by atoms with Crippen molar-refractivity contribution < 1.29 is 0 Å². The summed E-state index contributed by atoms with van der Waals surface area (Å²) >= 11 is 0. The molecule has 0 aliphatic carbocycles. The van der Waals surface area contributed by atoms with Crippen molar-refractivity contribution in [1.82, 2.24) is 24.7 Å². The summed E-state index contributed by atoms with van der Waals surface area (Å²) in [6.45, 7) is 2.06. The molecule has 3 aromatic rings. The van der Waals surface area contributed by atoms with Crippen molar-refractivity contribution in [3.05, 3.63) is 23.8 Å². The first-order chi connectivity index (χ1) is 8.16. The van der Waals surface area contributed by atoms with E-state index in [1.54, 1.807) is 0 Å². The number of anilines is 1. The number of para-hydroxylation sites is 1. The molecule has 2 aromatic heterocycles. The Morgan fingerprint density at radius 2 is 2.12 bits per heavy atom. The van der Waals surface area contributed by atoms with Crippen LogP contribution in [0.4, 0.5) is 5.95 Å². The number of nitrogens with one attached hydrogen (secondary N) is 1. The van der Waals surface area contributed by atoms with Crippen molar-refractivity contribution in [2.45, 2.75) is 6.92 Å². The number of aromatic amines is 1. The highest BCUT2D eigenvalue weighted by Crippen LogP contribution is 2.23. The standard InChI is InChI=1S/C11H12N6/c1-6-4-3-5-7-8(6)17(2)10(13-7)9-14-11(12)16-15-9/h3-5H,1-2H3,(H3,12,14,15,16). The third-order valence-electron chi connectivity index (χ3n) is 2.81. The van der Waals surface area contributed by atoms with Crippen LogP contribution in [0, 0.1) is 6.92 Å². The molecule has 17 heavy (non-hydrogen) atoms. The van der Waals surface area contributed by atoms with Crippen molar-refractivity contribution in [1.29, 1.82) is 0 Å². The monoisotopic (exact) mass is 228 g/mol. The van der Waals surface area contributed by atoms with Crippen LogP contribution in [0.3, 0.4) is 0 Å². The molecule has 0 aliphatic heterocycles. The van der Waals surface area contributed by atoms with Gasteiger partial charge in [0, 0.05) is 7.05 Å². The Kier molecular flexibility index (Phi) is 1.91. The summed E-state index contributed by atoms with van der Waals surface area (Å²) < 4.78 is 1.99. The summed E-state index contributed by atoms with van der Waals surface area (Å²) in [6.07, 6.45) is 0. The molecule has 86 valence electrons. The lowest BCUT2D eigenvalue weighted by Crippen LogP contribution is -1.95. The van der Waals surface area contributed by atoms with Gasteiger partial charge in [-0.05, 0) is 18.6 Å². The number of aromatic nitrogens is 5. The fourth-order valence-electron chi connectivity index (χ4n) is 2.05. The number of imidazole rings is 1. The van der Waals surface area contributed by atoms with Gasteiger partial charge in [-0.2, -0.15) is 4.98 Å². The summed E-state index contributed by atoms with van der Waals surface area (Å²) in [4.78, 5) is 8.62. The first-order valence-corrected chi connectivity index (χ1v) is 5.27. The quantitative estimate of drug-likeness (QED) is 0.656. The summed E-state index contributed by atoms with van der Waals surface area (Å²) in [7, 11) is 1.95. The number of rotatable bonds is 1. The van der Waals surface area contributed by atoms with Gasteiger partial charge < -0.3 is 10.3 Å². The number of hydrogen-bond donors (Lipinski definition) is 2. The lowest BCUT2D eigenvalue weighted by Gasteiger charge is -2.00. The average Bonchev–Trinajstić information content (AvgIpc) is 2.84. The molecule has 0 aliphatic rings. The molecular weight excluding hydrogens is 216 g/mol. The third kappa shape index (κ3) is 1.37. The SMILES string of the molecule is Cc1cccc2nc(-c3nc(N)n[nH]3)n(C)c12. The molecule has 0 amide bonds. The molecule has 0 atom stereocenters. The van der Waals surface area contributed by atoms with E-state index in [0.29, 0.717) is 5.82 Å². The lowest BCUT2D eigenvalue weighted by atomic mass is 10.2. The van der Waals surface area contributed by atoms with Gasteiger partial charge in [-0.15, -0.1) is 5.10 Å². The molecule has 0 radical (unpaired) electrons. The number of benzene rings is 1. The Hall–Kier alpha value is -2.37. The maximum Gasteiger partial charge on any atom is 0.239 e. The highest BCUT2D eigenvalue weighted by atomic mass is 15.3. The molecule has 0 spiro atoms. The van der Waals surface area contributed by atoms with Crippen molar-refractivity contribution in [2.75, 3.05) is 5.73 Å². The fourth-order valence-corrected chi connectivity index (χ4v) is 2.05. The molecule has 3 N–H and O–H groups in total. The number of nitrogen functional groups attached to an aromatic ring is 1. The zero-order valence-corrected chi connectivity index (χ0v) is 9.60. The number of fused-ring (bicyclic) bond motifs is 1. The molecule has 6 heteroatoms. The molecule has 6 nitrogen and oxygen atoms in total. The summed E-state index contributed by atoms with van der Waals surface area (Å²) in [6, 6.07) is 6.03. The molecule has 0 fully saturated rings. The Labute approximate surface area is 97.5 Å². The van der Waals surface area contributed by atoms with Gasteiger partial charge in [-0.25, -0.2) is 4.98 Å². The molecule has 0 bridgehead atoms. The van der Waals surface area contributed by atoms with Crippen LogP contribution in [0.2, 0.25) is 0 Å². The summed E-state index contributed by atoms with van der Waals surface area (Å²) in [5, 5.41) is 6.59. The normalized spacial score (nSPS) is 11.2. The molecule has 0 saturated heterocycles. The van der Waals surface area contributed by atoms with Gasteiger partial charge in [0.25, 0.3) is 0 Å². The van der Waals surface area contributed by atoms with Crippen molar-refractivity contribution >= 4 is 17.0 Å². The van der Waals surface area contributed by atoms with Crippen molar-refractivity contribution in [3.63, 3.8) is 0 Å². The van der Waals surface area contributed by atoms with E-state index in [2.05, 4.69) is 33.2 Å². The molecule has 0 saturated carbocycles. The van der Waals surface area contributed by atoms with E-state index in [1.807, 2.05) is 23.7 Å². The molecular formula is C11H12N6. The summed E-state index contributed by atoms with van der Waals surface area (Å²) in [5.74, 6) is 1.54. The Morgan fingerprint density at radius 1 is 1.29 bits per heavy atom. The number of hydrogen-bond acceptors (Lipinski definition) is 4. The lowest BCUT2D eigenvalue weighted by molar-refractivity contribution is 0.934. The first-order valence-electron chi connectivity index (χ1n) is 5.27. The minimum absolute atomic E-state index is 0.226. The molecule has 1 aromatic carbocycles. The second kappa shape index (κ2) is 3.31. The average molecular weight is 228 g/mol. The van der Waals surface area contributed by atoms with E-state index >= 15 is 0 Å². The van der Waals surface area contributed by atoms with Crippen LogP contribution < -0.4 is 5.73 Å². The van der Waals surface area contributed by atoms with E-state index in [-0.39, 0.29) is 5.95 Å². The van der Waals surface area contributed by atoms with Crippen LogP contribution in [0.15, 0.2) is 18.2 Å². The third-order valence-corrected chi connectivity index (χ3v) is 2.81. The number of H-pyrrole nitrogens is 1. The van der Waals surface area contributed by atoms with Gasteiger partial charge >= 0.3 is 0 Å². The van der Waals surface area contributed by atoms with E-state index in [9.17, 15) is 0 Å². The minimum Gasteiger partial charge on any atom is -0.366 e. The minimum atomic E-state index is 0.226. The van der Waals surface area contributed by atoms with Crippen molar-refractivity contribution in [3.8, 4) is 11.6 Å². The maximum absolute atomic E-state index is 5.50. The van der Waals surface area contributed by atoms with Gasteiger partial charge in [0.1, 0.15) is 0 Å². The molecule has 0 unspecified atom stereocenters. The van der Waals surface area contributed by atoms with Crippen LogP contribution >= 0.6 is 0 Å². The van der Waals surface area contributed by atoms with Crippen LogP contribution in [0.5, 0.6) is 0 Å². The van der Waals surface area contributed by atoms with Gasteiger partial charge in [0.05, 0.1) is 11.0 Å². The van der Waals surface area contributed by atoms with Gasteiger partial charge in [0.15, 0.2) is 11.6 Å². The van der Waals surface area contributed by atoms with E-state index in [0.717, 1.165) is 16.9 Å². The fraction of sp³-hybridized carbons (Fsp3) is 0.182. The maximum atomic E-state index is 5.50. The summed E-state index contributed by atoms with van der Waals surface area (Å²) in [5.41, 5.74) is 8.71. The zero-order chi connectivity index (χ0) is 12.0. The molecule has 3 rings (SSSR count). The smallest absolute Gasteiger partial charge is 0.239 e. The predicted octanol–water partition coefficient (Wildman–Crippen LogP) is 1.25. The number of nitrogens with two attached hydrogens (primary N) is 1. The second-order valence-corrected chi connectivity index (χ2v) is 3.98. The number of nitrogens with zero attached hydrogens (tertiary/aromatic N) is 4. The van der Waals surface area contributed by atoms with E-state index in [1.165, 1.54) is 5.56 Å². The van der Waals surface area contributed by atoms with Crippen LogP contribution in [0.25, 0.3) is 22.7 Å². The van der Waals surface area contributed by atoms with Crippen LogP contribution in [-0.2, 0) is 7.05 Å². The zero-order valence-electron chi connectivity index (χ0n) is 9.60. The molecule has 2 heterocycles. The van der Waals surface area contributed by atoms with E-state index in [4.69, 9.17) is 5.73 Å². The van der Waals surface area contributed by atoms with Gasteiger partial charge in [-0.1, -0.05) is 12.1 Å². The Morgan fingerprint density at radius 3 is 2.76 bits per heavy atom. The highest BCUT2D eigenvalue weighted by molar-refractivity contribution is 5.82. The second-order valence-electron chi connectivity index (χ2n) is 3.98. The predicted molar refractivity (Wildman–Crippen MR) is 65.2 cm³/mol. The largest absolute Gasteiger partial charge is 0.366 e. The topological polar surface area (TPSA) is 85.4 Å². The first kappa shape index (κ1) is 9.83. The van der Waals surface area contributed by atoms with E-state index < -0.39 is 0 Å². The Balaban J connectivity index is 2.32. The highest BCUT2D eigenvalue weighted by Gasteiger charge is 2.14. The number of aryl methyl sites for hydroxylation is 2.